The summed E-state index contributed by atoms with van der Waals surface area (Å²) in [5, 5.41) is 0. The highest BCUT2D eigenvalue weighted by Crippen LogP contribution is 2.53. The smallest absolute Gasteiger partial charge is 0.0872 e. The lowest BCUT2D eigenvalue weighted by atomic mass is 9.76. The number of rotatable bonds is 0. The van der Waals surface area contributed by atoms with Crippen molar-refractivity contribution in [2.75, 3.05) is 0 Å². The molecular weight excluding hydrogens is 136 g/mol. The van der Waals surface area contributed by atoms with Crippen LogP contribution >= 0.6 is 0 Å². The SMILES string of the molecule is CC1CCC2C(C1)CC1OC12. The van der Waals surface area contributed by atoms with Gasteiger partial charge in [-0.05, 0) is 37.0 Å². The highest BCUT2D eigenvalue weighted by Gasteiger charge is 2.55. The van der Waals surface area contributed by atoms with Gasteiger partial charge in [0.1, 0.15) is 0 Å². The zero-order valence-corrected chi connectivity index (χ0v) is 7.12. The third-order valence-electron chi connectivity index (χ3n) is 3.88. The van der Waals surface area contributed by atoms with Crippen LogP contribution in [0.4, 0.5) is 0 Å². The second kappa shape index (κ2) is 2.01. The van der Waals surface area contributed by atoms with Crippen molar-refractivity contribution in [2.45, 2.75) is 44.8 Å². The fourth-order valence-corrected chi connectivity index (χ4v) is 3.25. The van der Waals surface area contributed by atoms with Gasteiger partial charge in [-0.3, -0.25) is 0 Å². The molecule has 0 amide bonds. The highest BCUT2D eigenvalue weighted by molar-refractivity contribution is 5.03. The number of fused-ring (bicyclic) bond motifs is 3. The van der Waals surface area contributed by atoms with Crippen molar-refractivity contribution in [1.29, 1.82) is 0 Å². The molecule has 2 saturated carbocycles. The summed E-state index contributed by atoms with van der Waals surface area (Å²) in [6.45, 7) is 2.40. The predicted octanol–water partition coefficient (Wildman–Crippen LogP) is 2.21. The molecule has 0 bridgehead atoms. The Bertz CT molecular complexity index is 178. The molecule has 5 atom stereocenters. The fraction of sp³-hybridized carbons (Fsp3) is 1.00. The Morgan fingerprint density at radius 3 is 3.00 bits per heavy atom. The molecule has 0 spiro atoms. The van der Waals surface area contributed by atoms with Crippen LogP contribution < -0.4 is 0 Å². The zero-order valence-electron chi connectivity index (χ0n) is 7.12. The average molecular weight is 152 g/mol. The Kier molecular flexibility index (Phi) is 1.18. The first-order valence-corrected chi connectivity index (χ1v) is 5.00. The van der Waals surface area contributed by atoms with Gasteiger partial charge >= 0.3 is 0 Å². The Morgan fingerprint density at radius 2 is 2.09 bits per heavy atom. The molecule has 0 N–H and O–H groups in total. The van der Waals surface area contributed by atoms with Crippen LogP contribution in [-0.4, -0.2) is 12.2 Å². The molecule has 11 heavy (non-hydrogen) atoms. The van der Waals surface area contributed by atoms with E-state index in [1.165, 1.54) is 25.7 Å². The van der Waals surface area contributed by atoms with Gasteiger partial charge in [0.05, 0.1) is 12.2 Å². The maximum Gasteiger partial charge on any atom is 0.0872 e. The quantitative estimate of drug-likeness (QED) is 0.485. The van der Waals surface area contributed by atoms with Crippen molar-refractivity contribution in [3.8, 4) is 0 Å². The van der Waals surface area contributed by atoms with Crippen LogP contribution in [0.5, 0.6) is 0 Å². The van der Waals surface area contributed by atoms with E-state index in [2.05, 4.69) is 6.92 Å². The summed E-state index contributed by atoms with van der Waals surface area (Å²) in [5.41, 5.74) is 0. The minimum atomic E-state index is 0.704. The van der Waals surface area contributed by atoms with Gasteiger partial charge in [-0.2, -0.15) is 0 Å². The Labute approximate surface area is 68.1 Å². The first-order valence-electron chi connectivity index (χ1n) is 5.00. The van der Waals surface area contributed by atoms with Crippen LogP contribution in [0.3, 0.4) is 0 Å². The van der Waals surface area contributed by atoms with E-state index in [-0.39, 0.29) is 0 Å². The van der Waals surface area contributed by atoms with Crippen LogP contribution in [0, 0.1) is 17.8 Å². The first-order chi connectivity index (χ1) is 5.34. The van der Waals surface area contributed by atoms with Gasteiger partial charge in [0.15, 0.2) is 0 Å². The Balaban J connectivity index is 1.75. The van der Waals surface area contributed by atoms with E-state index < -0.39 is 0 Å². The summed E-state index contributed by atoms with van der Waals surface area (Å²) in [4.78, 5) is 0. The number of hydrogen-bond acceptors (Lipinski definition) is 1. The van der Waals surface area contributed by atoms with Crippen molar-refractivity contribution in [3.63, 3.8) is 0 Å². The molecule has 1 heteroatoms. The van der Waals surface area contributed by atoms with Crippen LogP contribution in [0.1, 0.15) is 32.6 Å². The maximum absolute atomic E-state index is 5.56. The van der Waals surface area contributed by atoms with Gasteiger partial charge in [-0.1, -0.05) is 13.3 Å². The molecule has 0 aromatic carbocycles. The summed E-state index contributed by atoms with van der Waals surface area (Å²) in [7, 11) is 0. The normalized spacial score (nSPS) is 60.3. The molecule has 1 nitrogen and oxygen atoms in total. The van der Waals surface area contributed by atoms with Gasteiger partial charge in [-0.15, -0.1) is 0 Å². The summed E-state index contributed by atoms with van der Waals surface area (Å²) >= 11 is 0. The Hall–Kier alpha value is -0.0400. The lowest BCUT2D eigenvalue weighted by Gasteiger charge is -2.30. The van der Waals surface area contributed by atoms with E-state index in [9.17, 15) is 0 Å². The number of ether oxygens (including phenoxy) is 1. The van der Waals surface area contributed by atoms with Crippen molar-refractivity contribution >= 4 is 0 Å². The van der Waals surface area contributed by atoms with Gasteiger partial charge < -0.3 is 4.74 Å². The lowest BCUT2D eigenvalue weighted by molar-refractivity contribution is 0.131. The van der Waals surface area contributed by atoms with Gasteiger partial charge in [0, 0.05) is 0 Å². The molecule has 1 heterocycles. The van der Waals surface area contributed by atoms with Crippen molar-refractivity contribution < 1.29 is 4.74 Å². The molecule has 2 aliphatic carbocycles. The first kappa shape index (κ1) is 6.47. The average Bonchev–Trinajstić information content (AvgIpc) is 2.63. The van der Waals surface area contributed by atoms with Crippen LogP contribution in [0.15, 0.2) is 0 Å². The van der Waals surface area contributed by atoms with Crippen LogP contribution in [0.2, 0.25) is 0 Å². The topological polar surface area (TPSA) is 12.5 Å². The minimum Gasteiger partial charge on any atom is -0.369 e. The molecule has 62 valence electrons. The molecule has 5 unspecified atom stereocenters. The van der Waals surface area contributed by atoms with E-state index in [1.807, 2.05) is 0 Å². The van der Waals surface area contributed by atoms with Crippen molar-refractivity contribution in [1.82, 2.24) is 0 Å². The molecule has 0 radical (unpaired) electrons. The molecule has 1 saturated heterocycles. The maximum atomic E-state index is 5.56. The lowest BCUT2D eigenvalue weighted by Crippen LogP contribution is -2.23. The monoisotopic (exact) mass is 152 g/mol. The minimum absolute atomic E-state index is 0.704. The third-order valence-corrected chi connectivity index (χ3v) is 3.88. The van der Waals surface area contributed by atoms with E-state index in [4.69, 9.17) is 4.74 Å². The number of epoxide rings is 1. The molecular formula is C10H16O. The molecule has 0 aromatic rings. The van der Waals surface area contributed by atoms with Crippen molar-refractivity contribution in [2.24, 2.45) is 17.8 Å². The highest BCUT2D eigenvalue weighted by atomic mass is 16.6. The van der Waals surface area contributed by atoms with Crippen molar-refractivity contribution in [3.05, 3.63) is 0 Å². The summed E-state index contributed by atoms with van der Waals surface area (Å²) < 4.78 is 5.56. The second-order valence-corrected chi connectivity index (χ2v) is 4.72. The van der Waals surface area contributed by atoms with E-state index in [0.717, 1.165) is 17.8 Å². The molecule has 3 rings (SSSR count). The van der Waals surface area contributed by atoms with Gasteiger partial charge in [0.25, 0.3) is 0 Å². The summed E-state index contributed by atoms with van der Waals surface area (Å²) in [6, 6.07) is 0. The Morgan fingerprint density at radius 1 is 1.18 bits per heavy atom. The zero-order chi connectivity index (χ0) is 7.42. The standard InChI is InChI=1S/C10H16O/c1-6-2-3-8-7(4-6)5-9-10(8)11-9/h6-10H,2-5H2,1H3. The van der Waals surface area contributed by atoms with Gasteiger partial charge in [-0.25, -0.2) is 0 Å². The molecule has 3 fully saturated rings. The summed E-state index contributed by atoms with van der Waals surface area (Å²) in [6.07, 6.45) is 7.20. The van der Waals surface area contributed by atoms with Gasteiger partial charge in [0.2, 0.25) is 0 Å². The summed E-state index contributed by atoms with van der Waals surface area (Å²) in [5.74, 6) is 3.01. The largest absolute Gasteiger partial charge is 0.369 e. The third kappa shape index (κ3) is 0.868. The number of hydrogen-bond donors (Lipinski definition) is 0. The van der Waals surface area contributed by atoms with Crippen LogP contribution in [0.25, 0.3) is 0 Å². The van der Waals surface area contributed by atoms with E-state index >= 15 is 0 Å². The fourth-order valence-electron chi connectivity index (χ4n) is 3.25. The van der Waals surface area contributed by atoms with E-state index in [1.54, 1.807) is 0 Å². The van der Waals surface area contributed by atoms with Crippen LogP contribution in [-0.2, 0) is 4.74 Å². The second-order valence-electron chi connectivity index (χ2n) is 4.72. The molecule has 0 aromatic heterocycles. The van der Waals surface area contributed by atoms with E-state index in [0.29, 0.717) is 12.2 Å². The predicted molar refractivity (Wildman–Crippen MR) is 43.3 cm³/mol. The molecule has 3 aliphatic rings. The molecule has 1 aliphatic heterocycles.